The summed E-state index contributed by atoms with van der Waals surface area (Å²) in [4.78, 5) is 29.6. The maximum atomic E-state index is 12.8. The molecule has 164 valence electrons. The Morgan fingerprint density at radius 2 is 1.44 bits per heavy atom. The Bertz CT molecular complexity index is 1140. The smallest absolute Gasteiger partial charge is 0.257 e. The number of benzene rings is 3. The average Bonchev–Trinajstić information content (AvgIpc) is 2.81. The second-order valence-corrected chi connectivity index (χ2v) is 8.66. The van der Waals surface area contributed by atoms with E-state index in [2.05, 4.69) is 10.2 Å². The molecule has 1 heterocycles. The fraction of sp³-hybridized carbons (Fsp3) is 0.167. The molecule has 3 aromatic rings. The van der Waals surface area contributed by atoms with Crippen LogP contribution in [0.2, 0.25) is 15.1 Å². The Hall–Kier alpha value is -2.73. The predicted octanol–water partition coefficient (Wildman–Crippen LogP) is 5.86. The third kappa shape index (κ3) is 5.01. The molecule has 0 bridgehead atoms. The molecular formula is C24H20Cl3N3O2. The van der Waals surface area contributed by atoms with Gasteiger partial charge in [-0.3, -0.25) is 9.59 Å². The molecular weight excluding hydrogens is 469 g/mol. The minimum Gasteiger partial charge on any atom is -0.366 e. The molecule has 1 aliphatic rings. The number of piperazine rings is 1. The van der Waals surface area contributed by atoms with Crippen molar-refractivity contribution in [2.45, 2.75) is 0 Å². The molecule has 0 saturated carbocycles. The summed E-state index contributed by atoms with van der Waals surface area (Å²) in [5.41, 5.74) is 2.49. The second-order valence-electron chi connectivity index (χ2n) is 7.38. The fourth-order valence-corrected chi connectivity index (χ4v) is 4.14. The first-order valence-electron chi connectivity index (χ1n) is 10.1. The molecule has 0 aliphatic carbocycles. The number of rotatable bonds is 4. The zero-order chi connectivity index (χ0) is 22.7. The Labute approximate surface area is 201 Å². The lowest BCUT2D eigenvalue weighted by molar-refractivity contribution is 0.0746. The summed E-state index contributed by atoms with van der Waals surface area (Å²) in [6.45, 7) is 2.43. The first-order valence-corrected chi connectivity index (χ1v) is 11.2. The summed E-state index contributed by atoms with van der Waals surface area (Å²) < 4.78 is 0. The Morgan fingerprint density at radius 1 is 0.781 bits per heavy atom. The molecule has 0 spiro atoms. The van der Waals surface area contributed by atoms with Crippen LogP contribution in [0.25, 0.3) is 0 Å². The number of anilines is 2. The number of hydrogen-bond acceptors (Lipinski definition) is 3. The number of carbonyl (C=O) groups excluding carboxylic acids is 2. The minimum atomic E-state index is -0.332. The van der Waals surface area contributed by atoms with Gasteiger partial charge in [-0.2, -0.15) is 0 Å². The van der Waals surface area contributed by atoms with Crippen molar-refractivity contribution < 1.29 is 9.59 Å². The average molecular weight is 489 g/mol. The number of para-hydroxylation sites is 2. The third-order valence-corrected chi connectivity index (χ3v) is 6.14. The Balaban J connectivity index is 1.45. The van der Waals surface area contributed by atoms with E-state index in [1.807, 2.05) is 29.2 Å². The molecule has 0 aromatic heterocycles. The number of carbonyl (C=O) groups is 2. The van der Waals surface area contributed by atoms with E-state index in [1.165, 1.54) is 0 Å². The van der Waals surface area contributed by atoms with Gasteiger partial charge in [-0.05, 0) is 54.6 Å². The topological polar surface area (TPSA) is 52.7 Å². The van der Waals surface area contributed by atoms with Crippen LogP contribution in [0.15, 0.2) is 66.7 Å². The standard InChI is InChI=1S/C24H20Cl3N3O2/c25-17-7-5-16(6-8-17)24(32)30-13-11-29(12-14-30)22-4-2-1-3-21(22)28-23(31)19-15-18(26)9-10-20(19)27/h1-10,15H,11-14H2,(H,28,31). The summed E-state index contributed by atoms with van der Waals surface area (Å²) in [6, 6.07) is 19.3. The first-order chi connectivity index (χ1) is 15.4. The highest BCUT2D eigenvalue weighted by Gasteiger charge is 2.24. The van der Waals surface area contributed by atoms with Gasteiger partial charge in [-0.25, -0.2) is 0 Å². The number of nitrogens with one attached hydrogen (secondary N) is 1. The summed E-state index contributed by atoms with van der Waals surface area (Å²) in [6.07, 6.45) is 0. The molecule has 3 aromatic carbocycles. The third-order valence-electron chi connectivity index (χ3n) is 5.32. The van der Waals surface area contributed by atoms with Crippen LogP contribution < -0.4 is 10.2 Å². The minimum absolute atomic E-state index is 0.0153. The SMILES string of the molecule is O=C(Nc1ccccc1N1CCN(C(=O)c2ccc(Cl)cc2)CC1)c1cc(Cl)ccc1Cl. The summed E-state index contributed by atoms with van der Waals surface area (Å²) in [7, 11) is 0. The molecule has 1 aliphatic heterocycles. The molecule has 0 unspecified atom stereocenters. The van der Waals surface area contributed by atoms with Gasteiger partial charge in [0.15, 0.2) is 0 Å². The zero-order valence-electron chi connectivity index (χ0n) is 17.0. The molecule has 8 heteroatoms. The van der Waals surface area contributed by atoms with E-state index < -0.39 is 0 Å². The van der Waals surface area contributed by atoms with Crippen molar-refractivity contribution in [3.05, 3.63) is 92.9 Å². The van der Waals surface area contributed by atoms with Gasteiger partial charge in [0.05, 0.1) is 22.0 Å². The van der Waals surface area contributed by atoms with E-state index in [-0.39, 0.29) is 11.8 Å². The summed E-state index contributed by atoms with van der Waals surface area (Å²) in [5, 5.41) is 4.31. The van der Waals surface area contributed by atoms with Gasteiger partial charge >= 0.3 is 0 Å². The number of nitrogens with zero attached hydrogens (tertiary/aromatic N) is 2. The quantitative estimate of drug-likeness (QED) is 0.500. The van der Waals surface area contributed by atoms with Crippen molar-refractivity contribution in [1.29, 1.82) is 0 Å². The predicted molar refractivity (Wildman–Crippen MR) is 130 cm³/mol. The molecule has 1 fully saturated rings. The van der Waals surface area contributed by atoms with E-state index in [1.54, 1.807) is 42.5 Å². The van der Waals surface area contributed by atoms with Gasteiger partial charge in [0.25, 0.3) is 11.8 Å². The van der Waals surface area contributed by atoms with E-state index in [0.717, 1.165) is 5.69 Å². The monoisotopic (exact) mass is 487 g/mol. The van der Waals surface area contributed by atoms with Crippen LogP contribution >= 0.6 is 34.8 Å². The highest BCUT2D eigenvalue weighted by molar-refractivity contribution is 6.36. The highest BCUT2D eigenvalue weighted by atomic mass is 35.5. The largest absolute Gasteiger partial charge is 0.366 e. The van der Waals surface area contributed by atoms with E-state index in [9.17, 15) is 9.59 Å². The molecule has 0 radical (unpaired) electrons. The van der Waals surface area contributed by atoms with Gasteiger partial charge < -0.3 is 15.1 Å². The lowest BCUT2D eigenvalue weighted by Crippen LogP contribution is -2.49. The zero-order valence-corrected chi connectivity index (χ0v) is 19.3. The molecule has 32 heavy (non-hydrogen) atoms. The van der Waals surface area contributed by atoms with Gasteiger partial charge in [-0.1, -0.05) is 46.9 Å². The molecule has 4 rings (SSSR count). The van der Waals surface area contributed by atoms with Crippen LogP contribution in [0, 0.1) is 0 Å². The van der Waals surface area contributed by atoms with Crippen molar-refractivity contribution in [3.8, 4) is 0 Å². The molecule has 5 nitrogen and oxygen atoms in total. The molecule has 0 atom stereocenters. The van der Waals surface area contributed by atoms with Gasteiger partial charge in [0.2, 0.25) is 0 Å². The van der Waals surface area contributed by atoms with E-state index in [4.69, 9.17) is 34.8 Å². The lowest BCUT2D eigenvalue weighted by Gasteiger charge is -2.37. The van der Waals surface area contributed by atoms with Crippen molar-refractivity contribution in [1.82, 2.24) is 4.90 Å². The number of amides is 2. The van der Waals surface area contributed by atoms with Gasteiger partial charge in [-0.15, -0.1) is 0 Å². The maximum absolute atomic E-state index is 12.8. The summed E-state index contributed by atoms with van der Waals surface area (Å²) >= 11 is 18.1. The first kappa shape index (κ1) is 22.5. The van der Waals surface area contributed by atoms with Crippen molar-refractivity contribution >= 4 is 58.0 Å². The molecule has 2 amide bonds. The normalized spacial score (nSPS) is 13.7. The fourth-order valence-electron chi connectivity index (χ4n) is 3.64. The highest BCUT2D eigenvalue weighted by Crippen LogP contribution is 2.29. The van der Waals surface area contributed by atoms with Gasteiger partial charge in [0.1, 0.15) is 0 Å². The van der Waals surface area contributed by atoms with Crippen LogP contribution in [-0.2, 0) is 0 Å². The molecule has 1 N–H and O–H groups in total. The van der Waals surface area contributed by atoms with Crippen LogP contribution in [0.5, 0.6) is 0 Å². The van der Waals surface area contributed by atoms with Crippen LogP contribution in [0.3, 0.4) is 0 Å². The van der Waals surface area contributed by atoms with Crippen LogP contribution in [0.4, 0.5) is 11.4 Å². The Kier molecular flexibility index (Phi) is 6.89. The number of halogens is 3. The maximum Gasteiger partial charge on any atom is 0.257 e. The van der Waals surface area contributed by atoms with Gasteiger partial charge in [0, 0.05) is 41.8 Å². The van der Waals surface area contributed by atoms with Crippen molar-refractivity contribution in [3.63, 3.8) is 0 Å². The van der Waals surface area contributed by atoms with E-state index >= 15 is 0 Å². The van der Waals surface area contributed by atoms with Crippen molar-refractivity contribution in [2.24, 2.45) is 0 Å². The van der Waals surface area contributed by atoms with E-state index in [0.29, 0.717) is 58.1 Å². The Morgan fingerprint density at radius 3 is 2.16 bits per heavy atom. The summed E-state index contributed by atoms with van der Waals surface area (Å²) in [5.74, 6) is -0.347. The lowest BCUT2D eigenvalue weighted by atomic mass is 10.1. The van der Waals surface area contributed by atoms with Crippen LogP contribution in [0.1, 0.15) is 20.7 Å². The molecule has 1 saturated heterocycles. The number of hydrogen-bond donors (Lipinski definition) is 1. The van der Waals surface area contributed by atoms with Crippen molar-refractivity contribution in [2.75, 3.05) is 36.4 Å². The second kappa shape index (κ2) is 9.82. The van der Waals surface area contributed by atoms with Crippen LogP contribution in [-0.4, -0.2) is 42.9 Å².